The minimum atomic E-state index is -4.20. The van der Waals surface area contributed by atoms with E-state index in [1.807, 2.05) is 0 Å². The van der Waals surface area contributed by atoms with Crippen LogP contribution in [0.2, 0.25) is 0 Å². The monoisotopic (exact) mass is 341 g/mol. The van der Waals surface area contributed by atoms with Crippen LogP contribution in [0.1, 0.15) is 76.7 Å². The molecule has 0 aromatic heterocycles. The largest absolute Gasteiger partial charge is 0.398 e. The Kier molecular flexibility index (Phi) is 9.26. The highest BCUT2D eigenvalue weighted by molar-refractivity contribution is 7.85. The molecule has 5 heteroatoms. The lowest BCUT2D eigenvalue weighted by molar-refractivity contribution is 0.481. The molecule has 0 heterocycles. The van der Waals surface area contributed by atoms with Gasteiger partial charge in [0.2, 0.25) is 0 Å². The van der Waals surface area contributed by atoms with Crippen LogP contribution in [0.15, 0.2) is 23.1 Å². The quantitative estimate of drug-likeness (QED) is 0.319. The van der Waals surface area contributed by atoms with E-state index in [0.717, 1.165) is 12.8 Å². The summed E-state index contributed by atoms with van der Waals surface area (Å²) in [5.74, 6) is 0. The highest BCUT2D eigenvalue weighted by atomic mass is 32.2. The fourth-order valence-corrected chi connectivity index (χ4v) is 3.66. The molecule has 1 aromatic rings. The SMILES string of the molecule is CCCCCCCCCCCCc1c(N)cccc1S(=O)(=O)O. The lowest BCUT2D eigenvalue weighted by Gasteiger charge is -2.10. The minimum absolute atomic E-state index is 0.0478. The number of benzene rings is 1. The van der Waals surface area contributed by atoms with Gasteiger partial charge >= 0.3 is 0 Å². The van der Waals surface area contributed by atoms with Crippen molar-refractivity contribution in [3.05, 3.63) is 23.8 Å². The zero-order valence-corrected chi connectivity index (χ0v) is 15.1. The molecule has 0 spiro atoms. The van der Waals surface area contributed by atoms with Crippen LogP contribution in [0, 0.1) is 0 Å². The average Bonchev–Trinajstić information content (AvgIpc) is 2.49. The lowest BCUT2D eigenvalue weighted by atomic mass is 10.0. The molecular weight excluding hydrogens is 310 g/mol. The van der Waals surface area contributed by atoms with Gasteiger partial charge < -0.3 is 5.73 Å². The Balaban J connectivity index is 2.27. The molecule has 0 radical (unpaired) electrons. The average molecular weight is 342 g/mol. The van der Waals surface area contributed by atoms with Crippen molar-refractivity contribution in [3.8, 4) is 0 Å². The number of rotatable bonds is 12. The van der Waals surface area contributed by atoms with Crippen molar-refractivity contribution in [2.45, 2.75) is 82.4 Å². The maximum atomic E-state index is 11.4. The summed E-state index contributed by atoms with van der Waals surface area (Å²) >= 11 is 0. The first-order valence-corrected chi connectivity index (χ1v) is 10.3. The van der Waals surface area contributed by atoms with Crippen LogP contribution >= 0.6 is 0 Å². The summed E-state index contributed by atoms with van der Waals surface area (Å²) < 4.78 is 32.0. The molecule has 3 N–H and O–H groups in total. The molecule has 0 atom stereocenters. The van der Waals surface area contributed by atoms with Gasteiger partial charge in [0.15, 0.2) is 0 Å². The summed E-state index contributed by atoms with van der Waals surface area (Å²) in [7, 11) is -4.20. The van der Waals surface area contributed by atoms with Crippen molar-refractivity contribution < 1.29 is 13.0 Å². The number of nitrogens with two attached hydrogens (primary N) is 1. The van der Waals surface area contributed by atoms with E-state index in [-0.39, 0.29) is 4.90 Å². The maximum absolute atomic E-state index is 11.4. The normalized spacial score (nSPS) is 11.7. The van der Waals surface area contributed by atoms with Crippen LogP contribution in [0.5, 0.6) is 0 Å². The van der Waals surface area contributed by atoms with Crippen molar-refractivity contribution >= 4 is 15.8 Å². The Bertz CT molecular complexity index is 555. The van der Waals surface area contributed by atoms with Crippen LogP contribution in [-0.2, 0) is 16.5 Å². The Morgan fingerprint density at radius 2 is 1.43 bits per heavy atom. The van der Waals surface area contributed by atoms with E-state index < -0.39 is 10.1 Å². The van der Waals surface area contributed by atoms with Crippen molar-refractivity contribution in [1.29, 1.82) is 0 Å². The molecule has 132 valence electrons. The molecule has 0 saturated carbocycles. The first-order chi connectivity index (χ1) is 11.0. The van der Waals surface area contributed by atoms with Crippen LogP contribution in [0.3, 0.4) is 0 Å². The van der Waals surface area contributed by atoms with Gasteiger partial charge in [-0.2, -0.15) is 8.42 Å². The zero-order chi connectivity index (χ0) is 17.1. The number of unbranched alkanes of at least 4 members (excludes halogenated alkanes) is 9. The highest BCUT2D eigenvalue weighted by Gasteiger charge is 2.16. The summed E-state index contributed by atoms with van der Waals surface area (Å²) in [4.78, 5) is -0.0478. The van der Waals surface area contributed by atoms with Crippen molar-refractivity contribution in [2.24, 2.45) is 0 Å². The fourth-order valence-electron chi connectivity index (χ4n) is 2.88. The van der Waals surface area contributed by atoms with E-state index in [1.54, 1.807) is 12.1 Å². The summed E-state index contributed by atoms with van der Waals surface area (Å²) in [6.45, 7) is 2.23. The third-order valence-electron chi connectivity index (χ3n) is 4.23. The lowest BCUT2D eigenvalue weighted by Crippen LogP contribution is -2.06. The second kappa shape index (κ2) is 10.7. The first kappa shape index (κ1) is 20.0. The molecule has 0 fully saturated rings. The van der Waals surface area contributed by atoms with Gasteiger partial charge in [-0.3, -0.25) is 4.55 Å². The molecule has 0 saturated heterocycles. The smallest absolute Gasteiger partial charge is 0.294 e. The van der Waals surface area contributed by atoms with Gasteiger partial charge in [-0.25, -0.2) is 0 Å². The van der Waals surface area contributed by atoms with E-state index in [1.165, 1.54) is 57.4 Å². The summed E-state index contributed by atoms with van der Waals surface area (Å²) in [6.07, 6.45) is 12.9. The highest BCUT2D eigenvalue weighted by Crippen LogP contribution is 2.24. The maximum Gasteiger partial charge on any atom is 0.294 e. The topological polar surface area (TPSA) is 80.4 Å². The predicted molar refractivity (Wildman–Crippen MR) is 96.2 cm³/mol. The third kappa shape index (κ3) is 7.84. The first-order valence-electron chi connectivity index (χ1n) is 8.81. The van der Waals surface area contributed by atoms with E-state index in [4.69, 9.17) is 5.73 Å². The number of anilines is 1. The van der Waals surface area contributed by atoms with Gasteiger partial charge in [0.25, 0.3) is 10.1 Å². The van der Waals surface area contributed by atoms with Gasteiger partial charge in [0.05, 0.1) is 4.90 Å². The summed E-state index contributed by atoms with van der Waals surface area (Å²) in [6, 6.07) is 4.65. The third-order valence-corrected chi connectivity index (χ3v) is 5.17. The molecule has 23 heavy (non-hydrogen) atoms. The predicted octanol–water partition coefficient (Wildman–Crippen LogP) is 4.98. The van der Waals surface area contributed by atoms with E-state index in [2.05, 4.69) is 6.92 Å². The minimum Gasteiger partial charge on any atom is -0.398 e. The molecular formula is C18H31NO3S. The standard InChI is InChI=1S/C18H31NO3S/c1-2-3-4-5-6-7-8-9-10-11-13-16-17(19)14-12-15-18(16)23(20,21)22/h12,14-15H,2-11,13,19H2,1H3,(H,20,21,22). The molecule has 0 aliphatic heterocycles. The zero-order valence-electron chi connectivity index (χ0n) is 14.3. The van der Waals surface area contributed by atoms with Crippen molar-refractivity contribution in [3.63, 3.8) is 0 Å². The number of hydrogen-bond donors (Lipinski definition) is 2. The molecule has 0 unspecified atom stereocenters. The Labute approximate surface area is 141 Å². The van der Waals surface area contributed by atoms with E-state index in [9.17, 15) is 13.0 Å². The molecule has 1 aromatic carbocycles. The van der Waals surface area contributed by atoms with Gasteiger partial charge in [0.1, 0.15) is 0 Å². The van der Waals surface area contributed by atoms with Crippen molar-refractivity contribution in [2.75, 3.05) is 5.73 Å². The van der Waals surface area contributed by atoms with Gasteiger partial charge in [0, 0.05) is 5.69 Å². The fraction of sp³-hybridized carbons (Fsp3) is 0.667. The molecule has 0 aliphatic carbocycles. The van der Waals surface area contributed by atoms with Crippen LogP contribution in [0.4, 0.5) is 5.69 Å². The van der Waals surface area contributed by atoms with E-state index >= 15 is 0 Å². The van der Waals surface area contributed by atoms with Crippen LogP contribution in [0.25, 0.3) is 0 Å². The Hall–Kier alpha value is -1.07. The van der Waals surface area contributed by atoms with Gasteiger partial charge in [-0.05, 0) is 30.5 Å². The van der Waals surface area contributed by atoms with Crippen LogP contribution in [-0.4, -0.2) is 13.0 Å². The van der Waals surface area contributed by atoms with E-state index in [0.29, 0.717) is 17.7 Å². The second-order valence-electron chi connectivity index (χ2n) is 6.23. The molecule has 0 bridgehead atoms. The Morgan fingerprint density at radius 3 is 1.96 bits per heavy atom. The Morgan fingerprint density at radius 1 is 0.913 bits per heavy atom. The summed E-state index contributed by atoms with van der Waals surface area (Å²) in [5.41, 5.74) is 6.85. The van der Waals surface area contributed by atoms with Crippen LogP contribution < -0.4 is 5.73 Å². The molecule has 0 amide bonds. The molecule has 0 aliphatic rings. The van der Waals surface area contributed by atoms with Gasteiger partial charge in [-0.15, -0.1) is 0 Å². The van der Waals surface area contributed by atoms with Crippen molar-refractivity contribution in [1.82, 2.24) is 0 Å². The number of hydrogen-bond acceptors (Lipinski definition) is 3. The van der Waals surface area contributed by atoms with Gasteiger partial charge in [-0.1, -0.05) is 70.8 Å². The number of nitrogen functional groups attached to an aromatic ring is 1. The summed E-state index contributed by atoms with van der Waals surface area (Å²) in [5, 5.41) is 0. The second-order valence-corrected chi connectivity index (χ2v) is 7.62. The molecule has 1 rings (SSSR count). The molecule has 4 nitrogen and oxygen atoms in total.